The third-order valence-electron chi connectivity index (χ3n) is 2.23. The molecule has 0 aromatic heterocycles. The molecule has 1 rings (SSSR count). The zero-order chi connectivity index (χ0) is 12.3. The smallest absolute Gasteiger partial charge is 0.311 e. The molecule has 16 heavy (non-hydrogen) atoms. The van der Waals surface area contributed by atoms with E-state index in [0.29, 0.717) is 6.42 Å². The lowest BCUT2D eigenvalue weighted by Crippen LogP contribution is -2.41. The van der Waals surface area contributed by atoms with Crippen LogP contribution < -0.4 is 0 Å². The van der Waals surface area contributed by atoms with Crippen LogP contribution in [0.25, 0.3) is 0 Å². The van der Waals surface area contributed by atoms with E-state index in [-0.39, 0.29) is 6.42 Å². The normalized spacial score (nSPS) is 25.5. The van der Waals surface area contributed by atoms with Crippen LogP contribution in [0.2, 0.25) is 0 Å². The minimum absolute atomic E-state index is 0.181. The number of rotatable bonds is 1. The van der Waals surface area contributed by atoms with Gasteiger partial charge in [0.05, 0.1) is 5.41 Å². The second kappa shape index (κ2) is 4.52. The van der Waals surface area contributed by atoms with Gasteiger partial charge in [-0.15, -0.1) is 0 Å². The van der Waals surface area contributed by atoms with E-state index in [2.05, 4.69) is 0 Å². The van der Waals surface area contributed by atoms with Gasteiger partial charge in [0.2, 0.25) is 6.10 Å². The average molecular weight is 225 g/mol. The molecular weight excluding hydrogens is 210 g/mol. The van der Waals surface area contributed by atoms with Gasteiger partial charge in [-0.2, -0.15) is 5.26 Å². The molecule has 5 nitrogen and oxygen atoms in total. The van der Waals surface area contributed by atoms with E-state index in [4.69, 9.17) is 14.7 Å². The van der Waals surface area contributed by atoms with Gasteiger partial charge in [-0.25, -0.2) is 0 Å². The van der Waals surface area contributed by atoms with Gasteiger partial charge in [0, 0.05) is 6.42 Å². The predicted octanol–water partition coefficient (Wildman–Crippen LogP) is 1.17. The third-order valence-corrected chi connectivity index (χ3v) is 2.23. The molecule has 0 saturated carbocycles. The molecule has 0 amide bonds. The number of carbonyl (C=O) groups excluding carboxylic acids is 2. The molecule has 1 aliphatic rings. The number of cyclic esters (lactones) is 1. The Morgan fingerprint density at radius 1 is 1.56 bits per heavy atom. The van der Waals surface area contributed by atoms with Crippen molar-refractivity contribution in [3.63, 3.8) is 0 Å². The van der Waals surface area contributed by atoms with E-state index < -0.39 is 29.6 Å². The van der Waals surface area contributed by atoms with Gasteiger partial charge in [0.1, 0.15) is 6.07 Å². The Balaban J connectivity index is 2.64. The van der Waals surface area contributed by atoms with Crippen molar-refractivity contribution in [3.8, 4) is 6.07 Å². The van der Waals surface area contributed by atoms with Crippen LogP contribution in [0, 0.1) is 16.7 Å². The standard InChI is InChI=1S/C11H15NO4/c1-11(2,3)10(14)16-7-4-5-9(13)15-8(7)6-12/h7-8H,4-5H2,1-3H3. The summed E-state index contributed by atoms with van der Waals surface area (Å²) in [5, 5.41) is 8.78. The van der Waals surface area contributed by atoms with E-state index in [9.17, 15) is 9.59 Å². The largest absolute Gasteiger partial charge is 0.457 e. The molecule has 1 aliphatic heterocycles. The number of hydrogen-bond acceptors (Lipinski definition) is 5. The lowest BCUT2D eigenvalue weighted by molar-refractivity contribution is -0.177. The van der Waals surface area contributed by atoms with Crippen molar-refractivity contribution >= 4 is 11.9 Å². The molecule has 0 aliphatic carbocycles. The molecule has 1 fully saturated rings. The molecule has 0 bridgehead atoms. The fourth-order valence-corrected chi connectivity index (χ4v) is 1.23. The first-order valence-corrected chi connectivity index (χ1v) is 5.15. The maximum Gasteiger partial charge on any atom is 0.311 e. The third kappa shape index (κ3) is 2.96. The summed E-state index contributed by atoms with van der Waals surface area (Å²) < 4.78 is 9.95. The van der Waals surface area contributed by atoms with Gasteiger partial charge >= 0.3 is 11.9 Å². The predicted molar refractivity (Wildman–Crippen MR) is 54.1 cm³/mol. The Morgan fingerprint density at radius 2 is 2.19 bits per heavy atom. The van der Waals surface area contributed by atoms with Gasteiger partial charge < -0.3 is 9.47 Å². The number of ether oxygens (including phenoxy) is 2. The van der Waals surface area contributed by atoms with Crippen molar-refractivity contribution < 1.29 is 19.1 Å². The summed E-state index contributed by atoms with van der Waals surface area (Å²) in [7, 11) is 0. The molecule has 1 heterocycles. The monoisotopic (exact) mass is 225 g/mol. The van der Waals surface area contributed by atoms with Gasteiger partial charge in [0.25, 0.3) is 0 Å². The number of esters is 2. The highest BCUT2D eigenvalue weighted by atomic mass is 16.6. The maximum absolute atomic E-state index is 11.6. The summed E-state index contributed by atoms with van der Waals surface area (Å²) in [5.74, 6) is -0.815. The molecule has 0 aromatic carbocycles. The highest BCUT2D eigenvalue weighted by molar-refractivity contribution is 5.76. The van der Waals surface area contributed by atoms with Crippen LogP contribution in [0.1, 0.15) is 33.6 Å². The molecular formula is C11H15NO4. The summed E-state index contributed by atoms with van der Waals surface area (Å²) in [6.07, 6.45) is -1.10. The minimum Gasteiger partial charge on any atom is -0.457 e. The summed E-state index contributed by atoms with van der Waals surface area (Å²) >= 11 is 0. The lowest BCUT2D eigenvalue weighted by atomic mass is 9.97. The van der Waals surface area contributed by atoms with Crippen LogP contribution in [-0.2, 0) is 19.1 Å². The summed E-state index contributed by atoms with van der Waals surface area (Å²) in [4.78, 5) is 22.6. The van der Waals surface area contributed by atoms with E-state index >= 15 is 0 Å². The van der Waals surface area contributed by atoms with Crippen molar-refractivity contribution in [2.45, 2.75) is 45.8 Å². The van der Waals surface area contributed by atoms with Crippen LogP contribution in [0.5, 0.6) is 0 Å². The first kappa shape index (κ1) is 12.5. The van der Waals surface area contributed by atoms with Crippen molar-refractivity contribution in [2.24, 2.45) is 5.41 Å². The SMILES string of the molecule is CC(C)(C)C(=O)OC1CCC(=O)OC1C#N. The van der Waals surface area contributed by atoms with Crippen molar-refractivity contribution in [1.29, 1.82) is 5.26 Å². The van der Waals surface area contributed by atoms with Gasteiger partial charge in [-0.3, -0.25) is 9.59 Å². The minimum atomic E-state index is -0.979. The summed E-state index contributed by atoms with van der Waals surface area (Å²) in [5.41, 5.74) is -0.624. The van der Waals surface area contributed by atoms with Crippen LogP contribution in [0.15, 0.2) is 0 Å². The van der Waals surface area contributed by atoms with E-state index in [0.717, 1.165) is 0 Å². The summed E-state index contributed by atoms with van der Waals surface area (Å²) in [6, 6.07) is 1.82. The Kier molecular flexibility index (Phi) is 3.53. The van der Waals surface area contributed by atoms with Gasteiger partial charge in [-0.1, -0.05) is 0 Å². The molecule has 1 saturated heterocycles. The highest BCUT2D eigenvalue weighted by Gasteiger charge is 2.36. The molecule has 2 unspecified atom stereocenters. The number of carbonyl (C=O) groups is 2. The molecule has 2 atom stereocenters. The highest BCUT2D eigenvalue weighted by Crippen LogP contribution is 2.22. The van der Waals surface area contributed by atoms with Crippen LogP contribution >= 0.6 is 0 Å². The Labute approximate surface area is 94.3 Å². The molecule has 0 radical (unpaired) electrons. The molecule has 0 aromatic rings. The molecule has 88 valence electrons. The second-order valence-corrected chi connectivity index (χ2v) is 4.77. The van der Waals surface area contributed by atoms with Gasteiger partial charge in [0.15, 0.2) is 6.10 Å². The first-order valence-electron chi connectivity index (χ1n) is 5.15. The zero-order valence-corrected chi connectivity index (χ0v) is 9.65. The van der Waals surface area contributed by atoms with Crippen molar-refractivity contribution in [1.82, 2.24) is 0 Å². The molecule has 5 heteroatoms. The Morgan fingerprint density at radius 3 is 2.69 bits per heavy atom. The van der Waals surface area contributed by atoms with Gasteiger partial charge in [-0.05, 0) is 27.2 Å². The van der Waals surface area contributed by atoms with Crippen molar-refractivity contribution in [2.75, 3.05) is 0 Å². The molecule has 0 N–H and O–H groups in total. The number of nitrogens with zero attached hydrogens (tertiary/aromatic N) is 1. The van der Waals surface area contributed by atoms with E-state index in [1.165, 1.54) is 0 Å². The lowest BCUT2D eigenvalue weighted by Gasteiger charge is -2.28. The van der Waals surface area contributed by atoms with Crippen LogP contribution in [0.3, 0.4) is 0 Å². The summed E-state index contributed by atoms with van der Waals surface area (Å²) in [6.45, 7) is 5.18. The fourth-order valence-electron chi connectivity index (χ4n) is 1.23. The fraction of sp³-hybridized carbons (Fsp3) is 0.727. The quantitative estimate of drug-likeness (QED) is 0.626. The van der Waals surface area contributed by atoms with E-state index in [1.807, 2.05) is 6.07 Å². The van der Waals surface area contributed by atoms with Crippen molar-refractivity contribution in [3.05, 3.63) is 0 Å². The first-order chi connectivity index (χ1) is 7.34. The Bertz CT molecular complexity index is 337. The Hall–Kier alpha value is -1.57. The second-order valence-electron chi connectivity index (χ2n) is 4.77. The van der Waals surface area contributed by atoms with Crippen LogP contribution in [0.4, 0.5) is 0 Å². The zero-order valence-electron chi connectivity index (χ0n) is 9.65. The number of hydrogen-bond donors (Lipinski definition) is 0. The molecule has 0 spiro atoms. The van der Waals surface area contributed by atoms with Crippen LogP contribution in [-0.4, -0.2) is 24.1 Å². The topological polar surface area (TPSA) is 76.4 Å². The number of nitriles is 1. The maximum atomic E-state index is 11.6. The average Bonchev–Trinajstić information content (AvgIpc) is 2.19. The van der Waals surface area contributed by atoms with E-state index in [1.54, 1.807) is 20.8 Å².